The Balaban J connectivity index is 1.71. The predicted molar refractivity (Wildman–Crippen MR) is 114 cm³/mol. The molecule has 31 heavy (non-hydrogen) atoms. The van der Waals surface area contributed by atoms with Gasteiger partial charge in [-0.15, -0.1) is 0 Å². The lowest BCUT2D eigenvalue weighted by atomic mass is 10.2. The number of aromatic nitrogens is 5. The Kier molecular flexibility index (Phi) is 4.97. The molecule has 10 nitrogen and oxygen atoms in total. The second kappa shape index (κ2) is 7.51. The molecule has 0 saturated carbocycles. The minimum absolute atomic E-state index is 0.00843. The summed E-state index contributed by atoms with van der Waals surface area (Å²) >= 11 is 0. The predicted octanol–water partition coefficient (Wildman–Crippen LogP) is 2.19. The number of phenolic OH excluding ortho intramolecular Hbond substituents is 1. The van der Waals surface area contributed by atoms with Crippen molar-refractivity contribution in [2.75, 3.05) is 11.1 Å². The highest BCUT2D eigenvalue weighted by Gasteiger charge is 2.19. The number of amides is 1. The highest BCUT2D eigenvalue weighted by molar-refractivity contribution is 7.91. The van der Waals surface area contributed by atoms with Gasteiger partial charge in [-0.05, 0) is 31.2 Å². The number of carbonyl (C=O) groups excluding carboxylic acids is 1. The molecule has 0 fully saturated rings. The molecule has 3 heterocycles. The fourth-order valence-corrected chi connectivity index (χ4v) is 4.03. The molecular weight excluding hydrogens is 420 g/mol. The zero-order valence-corrected chi connectivity index (χ0v) is 17.9. The maximum Gasteiger partial charge on any atom is 0.276 e. The zero-order chi connectivity index (χ0) is 22.3. The minimum atomic E-state index is -3.50. The van der Waals surface area contributed by atoms with Crippen LogP contribution in [0.4, 0.5) is 5.69 Å². The lowest BCUT2D eigenvalue weighted by Gasteiger charge is -2.08. The summed E-state index contributed by atoms with van der Waals surface area (Å²) in [5, 5.41) is 21.2. The van der Waals surface area contributed by atoms with Crippen LogP contribution in [-0.4, -0.2) is 49.6 Å². The van der Waals surface area contributed by atoms with E-state index in [1.165, 1.54) is 35.7 Å². The van der Waals surface area contributed by atoms with Crippen LogP contribution in [0.1, 0.15) is 23.1 Å². The molecule has 160 valence electrons. The lowest BCUT2D eigenvalue weighted by Crippen LogP contribution is -2.14. The molecular formula is C20H20N6O4S. The highest BCUT2D eigenvalue weighted by Crippen LogP contribution is 2.28. The number of carbonyl (C=O) groups is 1. The molecule has 3 aromatic heterocycles. The fourth-order valence-electron chi connectivity index (χ4n) is 3.12. The molecule has 4 rings (SSSR count). The molecule has 0 saturated heterocycles. The molecule has 0 aliphatic rings. The first kappa shape index (κ1) is 20.5. The summed E-state index contributed by atoms with van der Waals surface area (Å²) in [6.07, 6.45) is 3.33. The van der Waals surface area contributed by atoms with Gasteiger partial charge in [-0.3, -0.25) is 9.48 Å². The topological polar surface area (TPSA) is 131 Å². The van der Waals surface area contributed by atoms with Crippen molar-refractivity contribution in [3.63, 3.8) is 0 Å². The van der Waals surface area contributed by atoms with Crippen LogP contribution in [0.2, 0.25) is 0 Å². The van der Waals surface area contributed by atoms with Gasteiger partial charge in [0, 0.05) is 30.6 Å². The third kappa shape index (κ3) is 3.63. The van der Waals surface area contributed by atoms with Gasteiger partial charge in [-0.2, -0.15) is 10.2 Å². The number of nitrogens with zero attached hydrogens (tertiary/aromatic N) is 5. The average molecular weight is 440 g/mol. The Morgan fingerprint density at radius 2 is 2.00 bits per heavy atom. The Labute approximate surface area is 178 Å². The number of hydrogen-bond acceptors (Lipinski definition) is 7. The van der Waals surface area contributed by atoms with Crippen molar-refractivity contribution in [1.82, 2.24) is 24.4 Å². The van der Waals surface area contributed by atoms with E-state index >= 15 is 0 Å². The van der Waals surface area contributed by atoms with E-state index in [-0.39, 0.29) is 27.8 Å². The van der Waals surface area contributed by atoms with Crippen molar-refractivity contribution < 1.29 is 18.3 Å². The van der Waals surface area contributed by atoms with Crippen molar-refractivity contribution in [2.45, 2.75) is 18.7 Å². The van der Waals surface area contributed by atoms with E-state index in [1.54, 1.807) is 23.1 Å². The number of phenols is 1. The van der Waals surface area contributed by atoms with Gasteiger partial charge in [0.15, 0.2) is 21.2 Å². The van der Waals surface area contributed by atoms with Gasteiger partial charge in [0.05, 0.1) is 28.2 Å². The summed E-state index contributed by atoms with van der Waals surface area (Å²) in [4.78, 5) is 17.1. The van der Waals surface area contributed by atoms with Crippen LogP contribution in [0.25, 0.3) is 16.9 Å². The van der Waals surface area contributed by atoms with Gasteiger partial charge >= 0.3 is 0 Å². The van der Waals surface area contributed by atoms with Crippen LogP contribution >= 0.6 is 0 Å². The molecule has 0 aliphatic heterocycles. The fraction of sp³-hybridized carbons (Fsp3) is 0.200. The van der Waals surface area contributed by atoms with E-state index in [2.05, 4.69) is 20.5 Å². The summed E-state index contributed by atoms with van der Waals surface area (Å²) in [5.41, 5.74) is 2.98. The molecule has 2 N–H and O–H groups in total. The first-order valence-corrected chi connectivity index (χ1v) is 11.1. The smallest absolute Gasteiger partial charge is 0.276 e. The number of aromatic hydroxyl groups is 1. The van der Waals surface area contributed by atoms with Crippen LogP contribution in [0.15, 0.2) is 47.6 Å². The Morgan fingerprint density at radius 3 is 2.68 bits per heavy atom. The van der Waals surface area contributed by atoms with E-state index in [0.717, 1.165) is 11.3 Å². The number of nitrogens with one attached hydrogen (secondary N) is 1. The van der Waals surface area contributed by atoms with Crippen molar-refractivity contribution in [1.29, 1.82) is 0 Å². The van der Waals surface area contributed by atoms with Crippen LogP contribution in [-0.2, 0) is 16.9 Å². The van der Waals surface area contributed by atoms with Crippen molar-refractivity contribution in [3.05, 3.63) is 54.1 Å². The van der Waals surface area contributed by atoms with Gasteiger partial charge in [0.1, 0.15) is 5.75 Å². The SMILES string of the molecule is CCS(=O)(=O)c1ccc(O)c(NC(=O)c2cc3nccc(-c4cnn(C)c4C)n3n2)c1. The maximum absolute atomic E-state index is 12.8. The van der Waals surface area contributed by atoms with Gasteiger partial charge in [-0.25, -0.2) is 17.9 Å². The Bertz CT molecular complexity index is 1420. The zero-order valence-electron chi connectivity index (χ0n) is 17.1. The molecule has 4 aromatic rings. The van der Waals surface area contributed by atoms with E-state index in [0.29, 0.717) is 11.3 Å². The third-order valence-electron chi connectivity index (χ3n) is 5.06. The van der Waals surface area contributed by atoms with E-state index in [1.807, 2.05) is 14.0 Å². The Morgan fingerprint density at radius 1 is 1.23 bits per heavy atom. The molecule has 0 aliphatic carbocycles. The van der Waals surface area contributed by atoms with Gasteiger partial charge in [0.25, 0.3) is 5.91 Å². The molecule has 0 bridgehead atoms. The first-order valence-electron chi connectivity index (χ1n) is 9.42. The number of aryl methyl sites for hydroxylation is 1. The molecule has 11 heteroatoms. The monoisotopic (exact) mass is 440 g/mol. The highest BCUT2D eigenvalue weighted by atomic mass is 32.2. The van der Waals surface area contributed by atoms with Crippen LogP contribution in [0.5, 0.6) is 5.75 Å². The largest absolute Gasteiger partial charge is 0.506 e. The molecule has 0 radical (unpaired) electrons. The molecule has 0 unspecified atom stereocenters. The molecule has 0 spiro atoms. The standard InChI is InChI=1S/C20H20N6O4S/c1-4-31(29,30)13-5-6-18(27)15(9-13)23-20(28)16-10-19-21-8-7-17(26(19)24-16)14-11-22-25(3)12(14)2/h5-11,27H,4H2,1-3H3,(H,23,28). The van der Waals surface area contributed by atoms with Gasteiger partial charge in [0.2, 0.25) is 0 Å². The van der Waals surface area contributed by atoms with Crippen molar-refractivity contribution >= 4 is 27.1 Å². The van der Waals surface area contributed by atoms with E-state index in [4.69, 9.17) is 0 Å². The Hall–Kier alpha value is -3.73. The van der Waals surface area contributed by atoms with Crippen LogP contribution < -0.4 is 5.32 Å². The third-order valence-corrected chi connectivity index (χ3v) is 6.79. The van der Waals surface area contributed by atoms with E-state index < -0.39 is 15.7 Å². The normalized spacial score (nSPS) is 11.7. The number of fused-ring (bicyclic) bond motifs is 1. The lowest BCUT2D eigenvalue weighted by molar-refractivity contribution is 0.102. The summed E-state index contributed by atoms with van der Waals surface area (Å²) in [6, 6.07) is 7.03. The number of benzene rings is 1. The number of rotatable bonds is 5. The molecule has 1 amide bonds. The second-order valence-corrected chi connectivity index (χ2v) is 9.21. The first-order chi connectivity index (χ1) is 14.7. The van der Waals surface area contributed by atoms with Crippen LogP contribution in [0, 0.1) is 6.92 Å². The van der Waals surface area contributed by atoms with Crippen molar-refractivity contribution in [2.24, 2.45) is 7.05 Å². The summed E-state index contributed by atoms with van der Waals surface area (Å²) in [5.74, 6) is -0.961. The average Bonchev–Trinajstić information content (AvgIpc) is 3.33. The number of anilines is 1. The number of hydrogen-bond donors (Lipinski definition) is 2. The molecule has 1 aromatic carbocycles. The summed E-state index contributed by atoms with van der Waals surface area (Å²) < 4.78 is 27.5. The van der Waals surface area contributed by atoms with Gasteiger partial charge < -0.3 is 10.4 Å². The molecule has 0 atom stereocenters. The summed E-state index contributed by atoms with van der Waals surface area (Å²) in [7, 11) is -1.66. The summed E-state index contributed by atoms with van der Waals surface area (Å²) in [6.45, 7) is 3.44. The quantitative estimate of drug-likeness (QED) is 0.455. The maximum atomic E-state index is 12.8. The second-order valence-electron chi connectivity index (χ2n) is 6.93. The van der Waals surface area contributed by atoms with Gasteiger partial charge in [-0.1, -0.05) is 6.92 Å². The number of sulfone groups is 1. The minimum Gasteiger partial charge on any atom is -0.506 e. The van der Waals surface area contributed by atoms with Crippen LogP contribution in [0.3, 0.4) is 0 Å². The van der Waals surface area contributed by atoms with E-state index in [9.17, 15) is 18.3 Å². The van der Waals surface area contributed by atoms with Crippen molar-refractivity contribution in [3.8, 4) is 17.0 Å².